The van der Waals surface area contributed by atoms with Crippen LogP contribution in [0.5, 0.6) is 0 Å². The Morgan fingerprint density at radius 1 is 1.58 bits per heavy atom. The number of hydrogen-bond donors (Lipinski definition) is 1. The van der Waals surface area contributed by atoms with Crippen LogP contribution in [0.15, 0.2) is 24.0 Å². The number of anilines is 1. The largest absolute Gasteiger partial charge is 0.389 e. The van der Waals surface area contributed by atoms with Gasteiger partial charge < -0.3 is 10.3 Å². The average Bonchev–Trinajstić information content (AvgIpc) is 2.58. The maximum atomic E-state index is 5.73. The van der Waals surface area contributed by atoms with Crippen LogP contribution in [-0.4, -0.2) is 9.55 Å². The van der Waals surface area contributed by atoms with E-state index >= 15 is 0 Å². The summed E-state index contributed by atoms with van der Waals surface area (Å²) in [6.07, 6.45) is 3.99. The lowest BCUT2D eigenvalue weighted by atomic mass is 10.2. The van der Waals surface area contributed by atoms with Crippen molar-refractivity contribution in [2.24, 2.45) is 7.05 Å². The van der Waals surface area contributed by atoms with Crippen LogP contribution in [-0.2, 0) is 7.05 Å². The summed E-state index contributed by atoms with van der Waals surface area (Å²) in [5.41, 5.74) is 9.46. The number of aromatic nitrogens is 2. The first-order chi connectivity index (χ1) is 5.77. The van der Waals surface area contributed by atoms with Crippen molar-refractivity contribution in [3.8, 4) is 11.3 Å². The van der Waals surface area contributed by atoms with Crippen molar-refractivity contribution in [3.63, 3.8) is 0 Å². The third-order valence-electron chi connectivity index (χ3n) is 1.70. The van der Waals surface area contributed by atoms with E-state index in [1.54, 1.807) is 5.51 Å². The molecule has 2 rings (SSSR count). The summed E-state index contributed by atoms with van der Waals surface area (Å²) in [5.74, 6) is 0. The molecule has 0 unspecified atom stereocenters. The lowest BCUT2D eigenvalue weighted by Crippen LogP contribution is -1.84. The number of nitrogens with zero attached hydrogens (tertiary/aromatic N) is 2. The van der Waals surface area contributed by atoms with Gasteiger partial charge >= 0.3 is 0 Å². The molecule has 2 aromatic heterocycles. The average molecular weight is 179 g/mol. The van der Waals surface area contributed by atoms with Crippen LogP contribution in [0.4, 0.5) is 5.00 Å². The van der Waals surface area contributed by atoms with E-state index in [2.05, 4.69) is 4.98 Å². The number of nitrogen functional groups attached to an aromatic ring is 1. The van der Waals surface area contributed by atoms with Crippen LogP contribution in [0.25, 0.3) is 11.3 Å². The van der Waals surface area contributed by atoms with Gasteiger partial charge in [0.1, 0.15) is 10.7 Å². The number of nitrogens with two attached hydrogens (primary N) is 1. The van der Waals surface area contributed by atoms with Gasteiger partial charge in [-0.05, 0) is 6.07 Å². The van der Waals surface area contributed by atoms with Gasteiger partial charge in [0.25, 0.3) is 0 Å². The maximum Gasteiger partial charge on any atom is 0.114 e. The van der Waals surface area contributed by atoms with E-state index in [0.717, 1.165) is 16.3 Å². The molecule has 0 aliphatic heterocycles. The minimum atomic E-state index is 0.779. The highest BCUT2D eigenvalue weighted by Gasteiger charge is 2.05. The molecule has 12 heavy (non-hydrogen) atoms. The summed E-state index contributed by atoms with van der Waals surface area (Å²) in [5, 5.41) is 0.779. The van der Waals surface area contributed by atoms with Crippen LogP contribution in [0, 0.1) is 0 Å². The molecule has 0 aromatic carbocycles. The van der Waals surface area contributed by atoms with Crippen molar-refractivity contribution in [2.75, 3.05) is 5.73 Å². The standard InChI is InChI=1S/C8H9N3S/c1-11-3-2-6(4-11)7-8(9)12-5-10-7/h2-5H,9H2,1H3. The molecule has 2 aromatic rings. The second kappa shape index (κ2) is 2.64. The molecule has 0 atom stereocenters. The number of aryl methyl sites for hydroxylation is 1. The number of rotatable bonds is 1. The van der Waals surface area contributed by atoms with E-state index in [1.165, 1.54) is 11.3 Å². The molecular formula is C8H9N3S. The second-order valence-corrected chi connectivity index (χ2v) is 3.52. The molecule has 0 saturated heterocycles. The zero-order valence-corrected chi connectivity index (χ0v) is 7.51. The van der Waals surface area contributed by atoms with E-state index < -0.39 is 0 Å². The van der Waals surface area contributed by atoms with Gasteiger partial charge in [-0.3, -0.25) is 0 Å². The second-order valence-electron chi connectivity index (χ2n) is 2.63. The predicted octanol–water partition coefficient (Wildman–Crippen LogP) is 1.73. The molecule has 0 bridgehead atoms. The Kier molecular flexibility index (Phi) is 1.62. The van der Waals surface area contributed by atoms with Crippen molar-refractivity contribution >= 4 is 16.3 Å². The molecule has 0 saturated carbocycles. The Labute approximate surface area is 74.5 Å². The van der Waals surface area contributed by atoms with Crippen LogP contribution >= 0.6 is 11.3 Å². The Balaban J connectivity index is 2.50. The summed E-state index contributed by atoms with van der Waals surface area (Å²) < 4.78 is 1.98. The SMILES string of the molecule is Cn1ccc(-c2ncsc2N)c1. The van der Waals surface area contributed by atoms with Crippen molar-refractivity contribution in [2.45, 2.75) is 0 Å². The van der Waals surface area contributed by atoms with E-state index in [4.69, 9.17) is 5.73 Å². The van der Waals surface area contributed by atoms with Gasteiger partial charge in [-0.1, -0.05) is 0 Å². The third kappa shape index (κ3) is 1.10. The lowest BCUT2D eigenvalue weighted by Gasteiger charge is -1.91. The highest BCUT2D eigenvalue weighted by Crippen LogP contribution is 2.27. The fourth-order valence-electron chi connectivity index (χ4n) is 1.12. The molecular weight excluding hydrogens is 170 g/mol. The molecule has 0 amide bonds. The molecule has 0 aliphatic carbocycles. The van der Waals surface area contributed by atoms with E-state index in [-0.39, 0.29) is 0 Å². The smallest absolute Gasteiger partial charge is 0.114 e. The topological polar surface area (TPSA) is 43.8 Å². The van der Waals surface area contributed by atoms with Gasteiger partial charge in [0.05, 0.1) is 5.51 Å². The molecule has 62 valence electrons. The van der Waals surface area contributed by atoms with Gasteiger partial charge in [0.15, 0.2) is 0 Å². The van der Waals surface area contributed by atoms with Gasteiger partial charge in [-0.2, -0.15) is 0 Å². The summed E-state index contributed by atoms with van der Waals surface area (Å²) in [7, 11) is 1.98. The molecule has 0 aliphatic rings. The van der Waals surface area contributed by atoms with Gasteiger partial charge in [-0.25, -0.2) is 4.98 Å². The molecule has 0 fully saturated rings. The molecule has 4 heteroatoms. The maximum absolute atomic E-state index is 5.73. The van der Waals surface area contributed by atoms with Crippen LogP contribution in [0.2, 0.25) is 0 Å². The van der Waals surface area contributed by atoms with E-state index in [0.29, 0.717) is 0 Å². The Hall–Kier alpha value is -1.29. The fraction of sp³-hybridized carbons (Fsp3) is 0.125. The predicted molar refractivity (Wildman–Crippen MR) is 50.9 cm³/mol. The minimum absolute atomic E-state index is 0.779. The first-order valence-electron chi connectivity index (χ1n) is 3.58. The van der Waals surface area contributed by atoms with Crippen LogP contribution in [0.3, 0.4) is 0 Å². The minimum Gasteiger partial charge on any atom is -0.389 e. The van der Waals surface area contributed by atoms with Crippen molar-refractivity contribution in [1.82, 2.24) is 9.55 Å². The van der Waals surface area contributed by atoms with E-state index in [1.807, 2.05) is 30.1 Å². The van der Waals surface area contributed by atoms with Gasteiger partial charge in [0, 0.05) is 25.0 Å². The highest BCUT2D eigenvalue weighted by molar-refractivity contribution is 7.14. The first kappa shape index (κ1) is 7.36. The lowest BCUT2D eigenvalue weighted by molar-refractivity contribution is 0.928. The monoisotopic (exact) mass is 179 g/mol. The third-order valence-corrected chi connectivity index (χ3v) is 2.36. The summed E-state index contributed by atoms with van der Waals surface area (Å²) in [4.78, 5) is 4.18. The number of hydrogen-bond acceptors (Lipinski definition) is 3. The van der Waals surface area contributed by atoms with E-state index in [9.17, 15) is 0 Å². The summed E-state index contributed by atoms with van der Waals surface area (Å²) >= 11 is 1.47. The molecule has 2 N–H and O–H groups in total. The Bertz CT molecular complexity index is 388. The molecule has 3 nitrogen and oxygen atoms in total. The summed E-state index contributed by atoms with van der Waals surface area (Å²) in [6, 6.07) is 2.01. The molecule has 0 radical (unpaired) electrons. The van der Waals surface area contributed by atoms with Crippen LogP contribution in [0.1, 0.15) is 0 Å². The quantitative estimate of drug-likeness (QED) is 0.724. The fourth-order valence-corrected chi connectivity index (χ4v) is 1.67. The Morgan fingerprint density at radius 3 is 2.92 bits per heavy atom. The number of thiazole rings is 1. The van der Waals surface area contributed by atoms with Crippen LogP contribution < -0.4 is 5.73 Å². The van der Waals surface area contributed by atoms with Crippen molar-refractivity contribution in [1.29, 1.82) is 0 Å². The normalized spacial score (nSPS) is 10.4. The first-order valence-corrected chi connectivity index (χ1v) is 4.46. The zero-order chi connectivity index (χ0) is 8.55. The van der Waals surface area contributed by atoms with Gasteiger partial charge in [0.2, 0.25) is 0 Å². The summed E-state index contributed by atoms with van der Waals surface area (Å²) in [6.45, 7) is 0. The van der Waals surface area contributed by atoms with Crippen molar-refractivity contribution in [3.05, 3.63) is 24.0 Å². The molecule has 0 spiro atoms. The molecule has 2 heterocycles. The zero-order valence-electron chi connectivity index (χ0n) is 6.69. The van der Waals surface area contributed by atoms with Gasteiger partial charge in [-0.15, -0.1) is 11.3 Å². The highest BCUT2D eigenvalue weighted by atomic mass is 32.1. The Morgan fingerprint density at radius 2 is 2.42 bits per heavy atom. The van der Waals surface area contributed by atoms with Crippen molar-refractivity contribution < 1.29 is 0 Å².